The van der Waals surface area contributed by atoms with Crippen molar-refractivity contribution in [2.45, 2.75) is 71.3 Å². The molecule has 0 aliphatic heterocycles. The molecule has 4 nitrogen and oxygen atoms in total. The Labute approximate surface area is 125 Å². The Morgan fingerprint density at radius 1 is 1.24 bits per heavy atom. The zero-order valence-corrected chi connectivity index (χ0v) is 13.5. The molecular weight excluding hydrogens is 283 g/mol. The zero-order valence-electron chi connectivity index (χ0n) is 13.5. The molecule has 0 bridgehead atoms. The number of nitrogens with zero attached hydrogens (tertiary/aromatic N) is 1. The first-order chi connectivity index (χ1) is 9.37. The third-order valence-corrected chi connectivity index (χ3v) is 3.39. The standard InChI is InChI=1S/C14H28F3N3O/c1-10(2)19-13(5,12(18)21)7-6-8-20(11(3)4)9-14(15,16)17/h10-11,19H,6-9H2,1-5H3,(H2,18,21). The number of carbonyl (C=O) groups excluding carboxylic acids is 1. The number of nitrogens with one attached hydrogen (secondary N) is 1. The van der Waals surface area contributed by atoms with Gasteiger partial charge < -0.3 is 11.1 Å². The first kappa shape index (κ1) is 20.2. The maximum atomic E-state index is 12.5. The summed E-state index contributed by atoms with van der Waals surface area (Å²) in [5.41, 5.74) is 4.51. The van der Waals surface area contributed by atoms with Crippen LogP contribution in [0, 0.1) is 0 Å². The Morgan fingerprint density at radius 2 is 1.76 bits per heavy atom. The van der Waals surface area contributed by atoms with Crippen LogP contribution in [0.5, 0.6) is 0 Å². The molecule has 0 aromatic carbocycles. The van der Waals surface area contributed by atoms with Crippen LogP contribution in [0.4, 0.5) is 13.2 Å². The topological polar surface area (TPSA) is 58.4 Å². The molecule has 0 saturated heterocycles. The third-order valence-electron chi connectivity index (χ3n) is 3.39. The molecule has 0 aliphatic carbocycles. The van der Waals surface area contributed by atoms with E-state index in [0.29, 0.717) is 12.8 Å². The first-order valence-electron chi connectivity index (χ1n) is 7.26. The van der Waals surface area contributed by atoms with E-state index in [1.54, 1.807) is 20.8 Å². The van der Waals surface area contributed by atoms with E-state index in [4.69, 9.17) is 5.73 Å². The molecule has 0 rings (SSSR count). The fourth-order valence-electron chi connectivity index (χ4n) is 2.29. The highest BCUT2D eigenvalue weighted by Gasteiger charge is 2.33. The van der Waals surface area contributed by atoms with Gasteiger partial charge in [-0.2, -0.15) is 13.2 Å². The number of alkyl halides is 3. The highest BCUT2D eigenvalue weighted by atomic mass is 19.4. The third kappa shape index (κ3) is 8.26. The molecule has 7 heteroatoms. The molecule has 1 amide bonds. The van der Waals surface area contributed by atoms with E-state index in [1.165, 1.54) is 4.90 Å². The molecule has 21 heavy (non-hydrogen) atoms. The Hall–Kier alpha value is -0.820. The summed E-state index contributed by atoms with van der Waals surface area (Å²) < 4.78 is 37.5. The number of hydrogen-bond acceptors (Lipinski definition) is 3. The Bertz CT molecular complexity index is 332. The normalized spacial score (nSPS) is 15.8. The van der Waals surface area contributed by atoms with Gasteiger partial charge in [-0.05, 0) is 54.0 Å². The lowest BCUT2D eigenvalue weighted by molar-refractivity contribution is -0.150. The largest absolute Gasteiger partial charge is 0.401 e. The van der Waals surface area contributed by atoms with Crippen molar-refractivity contribution in [1.82, 2.24) is 10.2 Å². The molecule has 0 aliphatic rings. The van der Waals surface area contributed by atoms with Crippen molar-refractivity contribution in [3.63, 3.8) is 0 Å². The Morgan fingerprint density at radius 3 is 2.10 bits per heavy atom. The second-order valence-corrected chi connectivity index (χ2v) is 6.28. The predicted molar refractivity (Wildman–Crippen MR) is 77.9 cm³/mol. The van der Waals surface area contributed by atoms with Crippen molar-refractivity contribution in [3.8, 4) is 0 Å². The molecule has 0 aromatic heterocycles. The molecule has 3 N–H and O–H groups in total. The van der Waals surface area contributed by atoms with Crippen LogP contribution < -0.4 is 11.1 Å². The number of nitrogens with two attached hydrogens (primary N) is 1. The molecule has 0 saturated carbocycles. The lowest BCUT2D eigenvalue weighted by Crippen LogP contribution is -2.55. The van der Waals surface area contributed by atoms with Crippen LogP contribution in [-0.4, -0.2) is 47.7 Å². The number of carbonyl (C=O) groups is 1. The molecule has 0 fully saturated rings. The van der Waals surface area contributed by atoms with Crippen LogP contribution in [-0.2, 0) is 4.79 Å². The highest BCUT2D eigenvalue weighted by Crippen LogP contribution is 2.20. The molecule has 1 unspecified atom stereocenters. The fraction of sp³-hybridized carbons (Fsp3) is 0.929. The van der Waals surface area contributed by atoms with Gasteiger partial charge in [-0.25, -0.2) is 0 Å². The summed E-state index contributed by atoms with van der Waals surface area (Å²) in [6, 6.07) is -0.136. The van der Waals surface area contributed by atoms with Crippen LogP contribution in [0.2, 0.25) is 0 Å². The van der Waals surface area contributed by atoms with Crippen LogP contribution >= 0.6 is 0 Å². The van der Waals surface area contributed by atoms with E-state index in [1.807, 2.05) is 13.8 Å². The van der Waals surface area contributed by atoms with Crippen molar-refractivity contribution in [2.75, 3.05) is 13.1 Å². The average molecular weight is 311 g/mol. The second-order valence-electron chi connectivity index (χ2n) is 6.28. The van der Waals surface area contributed by atoms with Crippen molar-refractivity contribution >= 4 is 5.91 Å². The van der Waals surface area contributed by atoms with Crippen LogP contribution in [0.3, 0.4) is 0 Å². The van der Waals surface area contributed by atoms with E-state index < -0.39 is 24.2 Å². The second kappa shape index (κ2) is 7.98. The first-order valence-corrected chi connectivity index (χ1v) is 7.26. The SMILES string of the molecule is CC(C)NC(C)(CCCN(CC(F)(F)F)C(C)C)C(N)=O. The van der Waals surface area contributed by atoms with Gasteiger partial charge in [0.25, 0.3) is 0 Å². The Balaban J connectivity index is 4.56. The highest BCUT2D eigenvalue weighted by molar-refractivity contribution is 5.84. The summed E-state index contributed by atoms with van der Waals surface area (Å²) in [7, 11) is 0. The lowest BCUT2D eigenvalue weighted by atomic mass is 9.93. The van der Waals surface area contributed by atoms with Gasteiger partial charge in [0.2, 0.25) is 5.91 Å². The van der Waals surface area contributed by atoms with Gasteiger partial charge in [0.05, 0.1) is 12.1 Å². The van der Waals surface area contributed by atoms with E-state index in [0.717, 1.165) is 0 Å². The number of primary amides is 1. The van der Waals surface area contributed by atoms with E-state index in [2.05, 4.69) is 5.32 Å². The van der Waals surface area contributed by atoms with E-state index in [-0.39, 0.29) is 18.6 Å². The molecule has 0 radical (unpaired) electrons. The van der Waals surface area contributed by atoms with Crippen LogP contribution in [0.25, 0.3) is 0 Å². The number of amides is 1. The molecule has 0 spiro atoms. The summed E-state index contributed by atoms with van der Waals surface area (Å²) in [6.07, 6.45) is -3.34. The minimum absolute atomic E-state index is 0.0684. The average Bonchev–Trinajstić information content (AvgIpc) is 2.24. The zero-order chi connectivity index (χ0) is 16.8. The van der Waals surface area contributed by atoms with Crippen molar-refractivity contribution in [3.05, 3.63) is 0 Å². The number of rotatable bonds is 9. The molecule has 0 heterocycles. The minimum Gasteiger partial charge on any atom is -0.368 e. The van der Waals surface area contributed by atoms with Crippen LogP contribution in [0.15, 0.2) is 0 Å². The van der Waals surface area contributed by atoms with Crippen molar-refractivity contribution < 1.29 is 18.0 Å². The van der Waals surface area contributed by atoms with Gasteiger partial charge in [0, 0.05) is 12.1 Å². The summed E-state index contributed by atoms with van der Waals surface area (Å²) in [5.74, 6) is -0.483. The lowest BCUT2D eigenvalue weighted by Gasteiger charge is -2.32. The quantitative estimate of drug-likeness (QED) is 0.687. The van der Waals surface area contributed by atoms with Crippen molar-refractivity contribution in [2.24, 2.45) is 5.73 Å². The molecule has 126 valence electrons. The van der Waals surface area contributed by atoms with Gasteiger partial charge >= 0.3 is 6.18 Å². The van der Waals surface area contributed by atoms with E-state index >= 15 is 0 Å². The summed E-state index contributed by atoms with van der Waals surface area (Å²) in [4.78, 5) is 12.9. The molecule has 0 aromatic rings. The molecule has 1 atom stereocenters. The van der Waals surface area contributed by atoms with Gasteiger partial charge in [-0.3, -0.25) is 9.69 Å². The smallest absolute Gasteiger partial charge is 0.368 e. The maximum absolute atomic E-state index is 12.5. The monoisotopic (exact) mass is 311 g/mol. The molecular formula is C14H28F3N3O. The fourth-order valence-corrected chi connectivity index (χ4v) is 2.29. The predicted octanol–water partition coefficient (Wildman–Crippen LogP) is 2.28. The van der Waals surface area contributed by atoms with Gasteiger partial charge in [-0.1, -0.05) is 0 Å². The Kier molecular flexibility index (Phi) is 7.67. The van der Waals surface area contributed by atoms with Gasteiger partial charge in [-0.15, -0.1) is 0 Å². The van der Waals surface area contributed by atoms with Gasteiger partial charge in [0.15, 0.2) is 0 Å². The summed E-state index contributed by atoms with van der Waals surface area (Å²) >= 11 is 0. The number of hydrogen-bond donors (Lipinski definition) is 2. The summed E-state index contributed by atoms with van der Waals surface area (Å²) in [6.45, 7) is 8.28. The number of halogens is 3. The van der Waals surface area contributed by atoms with Crippen LogP contribution in [0.1, 0.15) is 47.5 Å². The minimum atomic E-state index is -4.21. The summed E-state index contributed by atoms with van der Waals surface area (Å²) in [5, 5.41) is 3.09. The van der Waals surface area contributed by atoms with Crippen molar-refractivity contribution in [1.29, 1.82) is 0 Å². The van der Waals surface area contributed by atoms with E-state index in [9.17, 15) is 18.0 Å². The maximum Gasteiger partial charge on any atom is 0.401 e. The van der Waals surface area contributed by atoms with Gasteiger partial charge in [0.1, 0.15) is 0 Å².